The molecular weight excluding hydrogens is 296 g/mol. The Bertz CT molecular complexity index is 669. The molecule has 1 unspecified atom stereocenters. The molecule has 0 amide bonds. The van der Waals surface area contributed by atoms with Gasteiger partial charge in [-0.25, -0.2) is 0 Å². The van der Waals surface area contributed by atoms with Crippen LogP contribution in [0.4, 0.5) is 0 Å². The third kappa shape index (κ3) is 4.10. The van der Waals surface area contributed by atoms with Gasteiger partial charge in [-0.05, 0) is 13.1 Å². The summed E-state index contributed by atoms with van der Waals surface area (Å²) < 4.78 is 11.4. The first-order valence-corrected chi connectivity index (χ1v) is 7.81. The summed E-state index contributed by atoms with van der Waals surface area (Å²) in [5, 5.41) is 9.96. The number of carbonyl (C=O) groups is 1. The van der Waals surface area contributed by atoms with Gasteiger partial charge in [0.1, 0.15) is 5.58 Å². The third-order valence-electron chi connectivity index (χ3n) is 4.10. The van der Waals surface area contributed by atoms with Crippen molar-refractivity contribution in [1.29, 1.82) is 0 Å². The molecule has 1 fully saturated rings. The highest BCUT2D eigenvalue weighted by Crippen LogP contribution is 2.22. The number of carboxylic acid groups (broad SMARTS) is 1. The molecule has 1 N–H and O–H groups in total. The second-order valence-corrected chi connectivity index (χ2v) is 6.07. The number of hydrogen-bond donors (Lipinski definition) is 1. The zero-order chi connectivity index (χ0) is 16.2. The first-order valence-electron chi connectivity index (χ1n) is 7.81. The molecule has 23 heavy (non-hydrogen) atoms. The summed E-state index contributed by atoms with van der Waals surface area (Å²) in [4.78, 5) is 14.9. The Balaban J connectivity index is 1.60. The van der Waals surface area contributed by atoms with E-state index in [0.29, 0.717) is 13.2 Å². The number of benzene rings is 1. The van der Waals surface area contributed by atoms with E-state index < -0.39 is 5.97 Å². The number of aliphatic carboxylic acids is 1. The third-order valence-corrected chi connectivity index (χ3v) is 4.10. The SMILES string of the molecule is CN(CC(=O)O)CC1CN(Cc2cccc3ccoc23)CCO1. The van der Waals surface area contributed by atoms with Gasteiger partial charge < -0.3 is 14.3 Å². The number of morpholine rings is 1. The van der Waals surface area contributed by atoms with Crippen molar-refractivity contribution in [2.75, 3.05) is 39.8 Å². The molecule has 1 aromatic carbocycles. The maximum absolute atomic E-state index is 10.8. The molecule has 0 radical (unpaired) electrons. The Hall–Kier alpha value is -1.89. The van der Waals surface area contributed by atoms with Gasteiger partial charge >= 0.3 is 5.97 Å². The Morgan fingerprint density at radius 3 is 3.13 bits per heavy atom. The number of nitrogens with zero attached hydrogens (tertiary/aromatic N) is 2. The van der Waals surface area contributed by atoms with Crippen molar-refractivity contribution in [2.45, 2.75) is 12.6 Å². The van der Waals surface area contributed by atoms with E-state index in [2.05, 4.69) is 11.0 Å². The van der Waals surface area contributed by atoms with Crippen LogP contribution in [0.15, 0.2) is 34.9 Å². The minimum Gasteiger partial charge on any atom is -0.480 e. The molecule has 0 saturated carbocycles. The topological polar surface area (TPSA) is 66.2 Å². The molecule has 1 aromatic heterocycles. The fourth-order valence-corrected chi connectivity index (χ4v) is 3.10. The van der Waals surface area contributed by atoms with Crippen molar-refractivity contribution in [3.63, 3.8) is 0 Å². The van der Waals surface area contributed by atoms with Crippen LogP contribution in [0, 0.1) is 0 Å². The predicted molar refractivity (Wildman–Crippen MR) is 86.4 cm³/mol. The highest BCUT2D eigenvalue weighted by Gasteiger charge is 2.23. The first kappa shape index (κ1) is 16.0. The van der Waals surface area contributed by atoms with Crippen molar-refractivity contribution >= 4 is 16.9 Å². The average molecular weight is 318 g/mol. The molecule has 124 valence electrons. The number of furan rings is 1. The van der Waals surface area contributed by atoms with E-state index in [-0.39, 0.29) is 12.6 Å². The summed E-state index contributed by atoms with van der Waals surface area (Å²) >= 11 is 0. The quantitative estimate of drug-likeness (QED) is 0.873. The summed E-state index contributed by atoms with van der Waals surface area (Å²) in [5.41, 5.74) is 2.12. The molecule has 6 nitrogen and oxygen atoms in total. The number of likely N-dealkylation sites (N-methyl/N-ethyl adjacent to an activating group) is 1. The lowest BCUT2D eigenvalue weighted by Gasteiger charge is -2.34. The van der Waals surface area contributed by atoms with Crippen LogP contribution in [0.25, 0.3) is 11.0 Å². The first-order chi connectivity index (χ1) is 11.1. The van der Waals surface area contributed by atoms with E-state index in [1.807, 2.05) is 18.2 Å². The minimum absolute atomic E-state index is 0.0314. The molecular formula is C17H22N2O4. The van der Waals surface area contributed by atoms with E-state index in [1.165, 1.54) is 5.56 Å². The number of fused-ring (bicyclic) bond motifs is 1. The second kappa shape index (κ2) is 7.12. The second-order valence-electron chi connectivity index (χ2n) is 6.07. The molecule has 1 aliphatic heterocycles. The van der Waals surface area contributed by atoms with Crippen LogP contribution >= 0.6 is 0 Å². The zero-order valence-corrected chi connectivity index (χ0v) is 13.3. The molecule has 0 spiro atoms. The highest BCUT2D eigenvalue weighted by molar-refractivity contribution is 5.80. The average Bonchev–Trinajstić information content (AvgIpc) is 2.96. The molecule has 0 aliphatic carbocycles. The number of carboxylic acids is 1. The van der Waals surface area contributed by atoms with Gasteiger partial charge in [0.25, 0.3) is 0 Å². The van der Waals surface area contributed by atoms with Gasteiger partial charge in [0.15, 0.2) is 0 Å². The Labute approximate surface area is 135 Å². The number of hydrogen-bond acceptors (Lipinski definition) is 5. The Morgan fingerprint density at radius 2 is 2.30 bits per heavy atom. The van der Waals surface area contributed by atoms with E-state index in [1.54, 1.807) is 18.2 Å². The molecule has 2 heterocycles. The van der Waals surface area contributed by atoms with Crippen molar-refractivity contribution < 1.29 is 19.1 Å². The van der Waals surface area contributed by atoms with Gasteiger partial charge in [0.05, 0.1) is 25.5 Å². The Morgan fingerprint density at radius 1 is 1.43 bits per heavy atom. The van der Waals surface area contributed by atoms with E-state index in [9.17, 15) is 4.79 Å². The Kier molecular flexibility index (Phi) is 4.95. The van der Waals surface area contributed by atoms with Gasteiger partial charge in [-0.1, -0.05) is 18.2 Å². The van der Waals surface area contributed by atoms with Crippen molar-refractivity contribution in [3.8, 4) is 0 Å². The summed E-state index contributed by atoms with van der Waals surface area (Å²) in [5.74, 6) is -0.815. The molecule has 0 bridgehead atoms. The summed E-state index contributed by atoms with van der Waals surface area (Å²) in [6.45, 7) is 3.80. The summed E-state index contributed by atoms with van der Waals surface area (Å²) in [7, 11) is 1.81. The molecule has 2 aromatic rings. The molecule has 1 saturated heterocycles. The lowest BCUT2D eigenvalue weighted by molar-refractivity contribution is -0.138. The van der Waals surface area contributed by atoms with Crippen molar-refractivity contribution in [1.82, 2.24) is 9.80 Å². The van der Waals surface area contributed by atoms with Gasteiger partial charge in [-0.15, -0.1) is 0 Å². The fourth-order valence-electron chi connectivity index (χ4n) is 3.10. The minimum atomic E-state index is -0.815. The van der Waals surface area contributed by atoms with E-state index in [4.69, 9.17) is 14.3 Å². The smallest absolute Gasteiger partial charge is 0.317 e. The van der Waals surface area contributed by atoms with Gasteiger partial charge in [0.2, 0.25) is 0 Å². The van der Waals surface area contributed by atoms with E-state index in [0.717, 1.165) is 30.6 Å². The lowest BCUT2D eigenvalue weighted by Crippen LogP contribution is -2.47. The predicted octanol–water partition coefficient (Wildman–Crippen LogP) is 1.65. The monoisotopic (exact) mass is 318 g/mol. The molecule has 1 atom stereocenters. The van der Waals surface area contributed by atoms with Crippen LogP contribution < -0.4 is 0 Å². The zero-order valence-electron chi connectivity index (χ0n) is 13.3. The van der Waals surface area contributed by atoms with Crippen LogP contribution in [0.2, 0.25) is 0 Å². The van der Waals surface area contributed by atoms with Gasteiger partial charge in [-0.2, -0.15) is 0 Å². The molecule has 6 heteroatoms. The van der Waals surface area contributed by atoms with Gasteiger partial charge in [-0.3, -0.25) is 14.6 Å². The maximum Gasteiger partial charge on any atom is 0.317 e. The van der Waals surface area contributed by atoms with Crippen LogP contribution in [0.1, 0.15) is 5.56 Å². The van der Waals surface area contributed by atoms with Crippen LogP contribution in [-0.2, 0) is 16.1 Å². The number of para-hydroxylation sites is 1. The standard InChI is InChI=1S/C17H22N2O4/c1-18(12-16(20)21)10-15-11-19(6-8-22-15)9-14-4-2-3-13-5-7-23-17(13)14/h2-5,7,15H,6,8-12H2,1H3,(H,20,21). The molecule has 1 aliphatic rings. The normalized spacial score (nSPS) is 19.5. The summed E-state index contributed by atoms with van der Waals surface area (Å²) in [6.07, 6.45) is 1.75. The van der Waals surface area contributed by atoms with Crippen LogP contribution in [0.5, 0.6) is 0 Å². The largest absolute Gasteiger partial charge is 0.480 e. The van der Waals surface area contributed by atoms with Crippen molar-refractivity contribution in [3.05, 3.63) is 36.1 Å². The number of ether oxygens (including phenoxy) is 1. The molecule has 3 rings (SSSR count). The van der Waals surface area contributed by atoms with E-state index >= 15 is 0 Å². The lowest BCUT2D eigenvalue weighted by atomic mass is 10.1. The highest BCUT2D eigenvalue weighted by atomic mass is 16.5. The fraction of sp³-hybridized carbons (Fsp3) is 0.471. The maximum atomic E-state index is 10.8. The van der Waals surface area contributed by atoms with Crippen LogP contribution in [-0.4, -0.2) is 66.8 Å². The summed E-state index contributed by atoms with van der Waals surface area (Å²) in [6, 6.07) is 8.16. The van der Waals surface area contributed by atoms with Crippen molar-refractivity contribution in [2.24, 2.45) is 0 Å². The van der Waals surface area contributed by atoms with Gasteiger partial charge in [0, 0.05) is 37.1 Å². The number of rotatable bonds is 6. The van der Waals surface area contributed by atoms with Crippen LogP contribution in [0.3, 0.4) is 0 Å².